The zero-order valence-corrected chi connectivity index (χ0v) is 40.2. The van der Waals surface area contributed by atoms with E-state index in [1.54, 1.807) is 0 Å². The first-order valence-electron chi connectivity index (χ1n) is 22.6. The van der Waals surface area contributed by atoms with Crippen LogP contribution in [0.2, 0.25) is 36.3 Å². The highest BCUT2D eigenvalue weighted by molar-refractivity contribution is 6.74. The molecule has 0 aromatic heterocycles. The number of benzene rings is 1. The van der Waals surface area contributed by atoms with Crippen molar-refractivity contribution in [2.45, 2.75) is 192 Å². The van der Waals surface area contributed by atoms with Crippen LogP contribution in [0.5, 0.6) is 0 Å². The van der Waals surface area contributed by atoms with E-state index in [0.29, 0.717) is 24.9 Å². The summed E-state index contributed by atoms with van der Waals surface area (Å²) in [5.74, 6) is 0.0352. The maximum atomic E-state index is 13.7. The third-order valence-electron chi connectivity index (χ3n) is 14.7. The number of rotatable bonds is 21. The van der Waals surface area contributed by atoms with E-state index in [2.05, 4.69) is 101 Å². The van der Waals surface area contributed by atoms with Gasteiger partial charge >= 0.3 is 5.97 Å². The molecule has 7 nitrogen and oxygen atoms in total. The van der Waals surface area contributed by atoms with Crippen LogP contribution in [0.1, 0.15) is 125 Å². The average molecular weight is 827 g/mol. The maximum Gasteiger partial charge on any atom is 0.313 e. The molecule has 0 aliphatic carbocycles. The lowest BCUT2D eigenvalue weighted by Crippen LogP contribution is -2.42. The van der Waals surface area contributed by atoms with Crippen LogP contribution in [0.4, 0.5) is 0 Å². The van der Waals surface area contributed by atoms with Gasteiger partial charge in [-0.15, -0.1) is 0 Å². The van der Waals surface area contributed by atoms with E-state index in [-0.39, 0.29) is 59.5 Å². The van der Waals surface area contributed by atoms with Gasteiger partial charge in [0.1, 0.15) is 0 Å². The Hall–Kier alpha value is -1.60. The van der Waals surface area contributed by atoms with Crippen molar-refractivity contribution in [3.63, 3.8) is 0 Å². The predicted molar refractivity (Wildman–Crippen MR) is 240 cm³/mol. The lowest BCUT2D eigenvalue weighted by molar-refractivity contribution is -0.145. The van der Waals surface area contributed by atoms with E-state index in [4.69, 9.17) is 27.8 Å². The van der Waals surface area contributed by atoms with E-state index in [9.17, 15) is 4.79 Å². The summed E-state index contributed by atoms with van der Waals surface area (Å²) in [6.07, 6.45) is 7.34. The van der Waals surface area contributed by atoms with E-state index in [1.165, 1.54) is 30.8 Å². The van der Waals surface area contributed by atoms with Crippen molar-refractivity contribution in [2.75, 3.05) is 20.3 Å². The summed E-state index contributed by atoms with van der Waals surface area (Å²) in [4.78, 5) is 13.7. The normalized spacial score (nSPS) is 29.8. The molecule has 3 saturated heterocycles. The molecule has 4 unspecified atom stereocenters. The Morgan fingerprint density at radius 1 is 0.895 bits per heavy atom. The molecule has 0 saturated carbocycles. The van der Waals surface area contributed by atoms with Crippen LogP contribution in [-0.2, 0) is 32.6 Å². The van der Waals surface area contributed by atoms with E-state index < -0.39 is 22.6 Å². The Morgan fingerprint density at radius 2 is 1.54 bits per heavy atom. The number of hydrogen-bond donors (Lipinski definition) is 0. The molecule has 0 bridgehead atoms. The smallest absolute Gasteiger partial charge is 0.313 e. The zero-order chi connectivity index (χ0) is 42.1. The van der Waals surface area contributed by atoms with Crippen LogP contribution in [0.3, 0.4) is 0 Å². The molecule has 3 heterocycles. The van der Waals surface area contributed by atoms with Gasteiger partial charge in [-0.2, -0.15) is 0 Å². The number of methoxy groups -OCH3 is 1. The molecule has 3 aliphatic heterocycles. The molecule has 0 radical (unpaired) electrons. The van der Waals surface area contributed by atoms with Gasteiger partial charge in [-0.1, -0.05) is 106 Å². The number of esters is 1. The van der Waals surface area contributed by atoms with Crippen molar-refractivity contribution in [1.29, 1.82) is 0 Å². The van der Waals surface area contributed by atoms with Gasteiger partial charge in [0.05, 0.1) is 49.7 Å². The van der Waals surface area contributed by atoms with Gasteiger partial charge in [0, 0.05) is 25.6 Å². The SMILES string of the molecule is C=C1C[C@H](CCCO[Si](CC)(CC)CC)OC1CC[C@H]1C[C@@H](C)C(=C)C(C[C@@H]2O[C@H](C[C@H](C)CO[Si](C)(C)C(C)(C)C)[C@H](C)C2C(C(=O)OC)c2ccccc2)O1. The van der Waals surface area contributed by atoms with Crippen LogP contribution in [0, 0.1) is 23.7 Å². The van der Waals surface area contributed by atoms with Crippen molar-refractivity contribution in [3.05, 3.63) is 60.2 Å². The topological polar surface area (TPSA) is 72.5 Å². The summed E-state index contributed by atoms with van der Waals surface area (Å²) < 4.78 is 39.4. The van der Waals surface area contributed by atoms with Crippen molar-refractivity contribution in [3.8, 4) is 0 Å². The maximum absolute atomic E-state index is 13.7. The Morgan fingerprint density at radius 3 is 2.16 bits per heavy atom. The molecule has 3 fully saturated rings. The lowest BCUT2D eigenvalue weighted by Gasteiger charge is -2.39. The largest absolute Gasteiger partial charge is 0.469 e. The Kier molecular flexibility index (Phi) is 17.9. The molecule has 57 heavy (non-hydrogen) atoms. The fraction of sp³-hybridized carbons (Fsp3) is 0.771. The second-order valence-electron chi connectivity index (χ2n) is 19.6. The molecule has 9 heteroatoms. The van der Waals surface area contributed by atoms with E-state index in [1.807, 2.05) is 18.2 Å². The number of carbonyl (C=O) groups is 1. The Bertz CT molecular complexity index is 1410. The molecule has 11 atom stereocenters. The minimum atomic E-state index is -1.88. The average Bonchev–Trinajstić information content (AvgIpc) is 3.68. The van der Waals surface area contributed by atoms with Crippen molar-refractivity contribution in [2.24, 2.45) is 23.7 Å². The number of ether oxygens (including phenoxy) is 4. The molecular formula is C48H82O7Si2. The second-order valence-corrected chi connectivity index (χ2v) is 29.2. The zero-order valence-electron chi connectivity index (χ0n) is 38.2. The van der Waals surface area contributed by atoms with Gasteiger partial charge in [-0.05, 0) is 116 Å². The molecule has 4 rings (SSSR count). The fourth-order valence-electron chi connectivity index (χ4n) is 9.44. The lowest BCUT2D eigenvalue weighted by atomic mass is 9.72. The molecule has 1 aromatic carbocycles. The highest BCUT2D eigenvalue weighted by atomic mass is 28.4. The van der Waals surface area contributed by atoms with Crippen LogP contribution in [0.25, 0.3) is 0 Å². The summed E-state index contributed by atoms with van der Waals surface area (Å²) in [5.41, 5.74) is 3.31. The second kappa shape index (κ2) is 21.3. The highest BCUT2D eigenvalue weighted by Crippen LogP contribution is 2.48. The Labute approximate surface area is 350 Å². The highest BCUT2D eigenvalue weighted by Gasteiger charge is 2.50. The molecule has 324 valence electrons. The van der Waals surface area contributed by atoms with Gasteiger partial charge < -0.3 is 27.8 Å². The molecule has 0 amide bonds. The van der Waals surface area contributed by atoms with Crippen LogP contribution < -0.4 is 0 Å². The quantitative estimate of drug-likeness (QED) is 0.0529. The monoisotopic (exact) mass is 827 g/mol. The van der Waals surface area contributed by atoms with E-state index in [0.717, 1.165) is 62.7 Å². The first-order chi connectivity index (χ1) is 26.9. The van der Waals surface area contributed by atoms with Gasteiger partial charge in [-0.3, -0.25) is 4.79 Å². The minimum absolute atomic E-state index is 0.0152. The predicted octanol–water partition coefficient (Wildman–Crippen LogP) is 12.0. The Balaban J connectivity index is 1.43. The van der Waals surface area contributed by atoms with E-state index >= 15 is 0 Å². The first kappa shape index (κ1) is 48.1. The third-order valence-corrected chi connectivity index (χ3v) is 23.9. The first-order valence-corrected chi connectivity index (χ1v) is 28.1. The summed E-state index contributed by atoms with van der Waals surface area (Å²) in [6.45, 7) is 35.8. The number of carbonyl (C=O) groups excluding carboxylic acids is 1. The van der Waals surface area contributed by atoms with Gasteiger partial charge in [-0.25, -0.2) is 0 Å². The standard InChI is InChI=1S/C48H82O7Si2/c1-15-57(16-2,17-3)51-27-21-24-39-30-35(6)41(53-39)26-25-40-29-34(5)36(7)43(54-40)31-44-45(46(47(49)50-12)38-22-19-18-20-23-38)37(8)42(55-44)28-33(4)32-52-56(13,14)48(9,10)11/h18-20,22-23,33-34,37,39-46H,6-7,15-17,21,24-32H2,1-5,8-14H3/t33-,34+,37-,39-,40-,41?,42+,43?,44-,45?,46?/m0/s1. The van der Waals surface area contributed by atoms with Crippen LogP contribution in [0.15, 0.2) is 54.6 Å². The minimum Gasteiger partial charge on any atom is -0.469 e. The van der Waals surface area contributed by atoms with Gasteiger partial charge in [0.2, 0.25) is 0 Å². The molecule has 0 spiro atoms. The summed E-state index contributed by atoms with van der Waals surface area (Å²) in [7, 11) is -1.94. The van der Waals surface area contributed by atoms with Gasteiger partial charge in [0.25, 0.3) is 0 Å². The molecule has 0 N–H and O–H groups in total. The molecular weight excluding hydrogens is 745 g/mol. The fourth-order valence-corrected chi connectivity index (χ4v) is 13.3. The number of hydrogen-bond acceptors (Lipinski definition) is 7. The summed E-state index contributed by atoms with van der Waals surface area (Å²) in [5, 5.41) is 0.156. The van der Waals surface area contributed by atoms with Crippen LogP contribution in [-0.4, -0.2) is 79.6 Å². The summed E-state index contributed by atoms with van der Waals surface area (Å²) in [6, 6.07) is 13.7. The summed E-state index contributed by atoms with van der Waals surface area (Å²) >= 11 is 0. The van der Waals surface area contributed by atoms with Crippen molar-refractivity contribution in [1.82, 2.24) is 0 Å². The van der Waals surface area contributed by atoms with Gasteiger partial charge in [0.15, 0.2) is 16.6 Å². The molecule has 1 aromatic rings. The van der Waals surface area contributed by atoms with Crippen LogP contribution >= 0.6 is 0 Å². The third kappa shape index (κ3) is 12.5. The van der Waals surface area contributed by atoms with Crippen molar-refractivity contribution >= 4 is 22.6 Å². The van der Waals surface area contributed by atoms with Crippen molar-refractivity contribution < 1.29 is 32.6 Å². The molecule has 3 aliphatic rings.